The van der Waals surface area contributed by atoms with E-state index in [1.807, 2.05) is 48.5 Å². The monoisotopic (exact) mass is 496 g/mol. The Bertz CT molecular complexity index is 1010. The molecule has 0 aliphatic rings. The lowest BCUT2D eigenvalue weighted by molar-refractivity contribution is 0.475. The molecular formula is C34H41OP. The summed E-state index contributed by atoms with van der Waals surface area (Å²) in [4.78, 5) is 0. The van der Waals surface area contributed by atoms with Gasteiger partial charge in [0.1, 0.15) is 5.75 Å². The third kappa shape index (κ3) is 9.29. The van der Waals surface area contributed by atoms with E-state index in [1.54, 1.807) is 0 Å². The fraction of sp³-hybridized carbons (Fsp3) is 0.294. The minimum atomic E-state index is -0.626. The Balaban J connectivity index is 0.000000526. The number of hydrogen-bond acceptors (Lipinski definition) is 1. The van der Waals surface area contributed by atoms with Crippen LogP contribution in [0.15, 0.2) is 109 Å². The number of phenolic OH excluding ortho intramolecular Hbond substituents is 1. The Labute approximate surface area is 220 Å². The van der Waals surface area contributed by atoms with Crippen molar-refractivity contribution in [2.45, 2.75) is 65.2 Å². The Morgan fingerprint density at radius 2 is 0.806 bits per heavy atom. The first-order valence-electron chi connectivity index (χ1n) is 13.5. The Morgan fingerprint density at radius 3 is 1.14 bits per heavy atom. The van der Waals surface area contributed by atoms with Gasteiger partial charge in [0.2, 0.25) is 0 Å². The zero-order chi connectivity index (χ0) is 25.4. The van der Waals surface area contributed by atoms with Gasteiger partial charge in [-0.3, -0.25) is 0 Å². The predicted octanol–water partition coefficient (Wildman–Crippen LogP) is 8.30. The molecule has 4 rings (SSSR count). The van der Waals surface area contributed by atoms with Crippen LogP contribution >= 0.6 is 7.92 Å². The normalized spacial score (nSPS) is 10.6. The number of phenols is 1. The smallest absolute Gasteiger partial charge is 0.115 e. The first-order valence-corrected chi connectivity index (χ1v) is 14.8. The maximum absolute atomic E-state index is 9.77. The summed E-state index contributed by atoms with van der Waals surface area (Å²) in [6.07, 6.45) is 9.98. The zero-order valence-corrected chi connectivity index (χ0v) is 22.8. The molecule has 1 N–H and O–H groups in total. The van der Waals surface area contributed by atoms with E-state index in [1.165, 1.54) is 65.6 Å². The molecule has 0 amide bonds. The Kier molecular flexibility index (Phi) is 12.3. The molecular weight excluding hydrogens is 455 g/mol. The van der Waals surface area contributed by atoms with E-state index in [0.717, 1.165) is 12.8 Å². The van der Waals surface area contributed by atoms with Gasteiger partial charge >= 0.3 is 0 Å². The molecule has 0 spiro atoms. The summed E-state index contributed by atoms with van der Waals surface area (Å²) < 4.78 is 0. The van der Waals surface area contributed by atoms with Crippen LogP contribution in [0.3, 0.4) is 0 Å². The van der Waals surface area contributed by atoms with E-state index < -0.39 is 7.92 Å². The molecule has 2 heteroatoms. The van der Waals surface area contributed by atoms with E-state index in [4.69, 9.17) is 0 Å². The van der Waals surface area contributed by atoms with Crippen LogP contribution in [0.2, 0.25) is 0 Å². The SMILES string of the molecule is CCCCCc1ccc(P(c2ccc(O)cc2)c2ccc(CCCCC)cc2)cc1.c1ccccc1. The minimum absolute atomic E-state index is 0.325. The molecule has 0 heterocycles. The summed E-state index contributed by atoms with van der Waals surface area (Å²) in [6.45, 7) is 4.51. The molecule has 4 aromatic carbocycles. The van der Waals surface area contributed by atoms with Gasteiger partial charge in [-0.1, -0.05) is 137 Å². The van der Waals surface area contributed by atoms with Gasteiger partial charge in [-0.05, 0) is 72.8 Å². The van der Waals surface area contributed by atoms with Crippen molar-refractivity contribution in [3.05, 3.63) is 120 Å². The highest BCUT2D eigenvalue weighted by Crippen LogP contribution is 2.33. The average molecular weight is 497 g/mol. The van der Waals surface area contributed by atoms with Gasteiger partial charge in [-0.25, -0.2) is 0 Å². The molecule has 188 valence electrons. The van der Waals surface area contributed by atoms with Gasteiger partial charge in [-0.15, -0.1) is 0 Å². The van der Waals surface area contributed by atoms with Crippen molar-refractivity contribution < 1.29 is 5.11 Å². The maximum atomic E-state index is 9.77. The Morgan fingerprint density at radius 1 is 0.472 bits per heavy atom. The lowest BCUT2D eigenvalue weighted by Gasteiger charge is -2.20. The Hall–Kier alpha value is -2.89. The second-order valence-corrected chi connectivity index (χ2v) is 11.5. The van der Waals surface area contributed by atoms with E-state index in [2.05, 4.69) is 74.5 Å². The van der Waals surface area contributed by atoms with Crippen molar-refractivity contribution >= 4 is 23.8 Å². The molecule has 0 aromatic heterocycles. The van der Waals surface area contributed by atoms with Crippen LogP contribution in [0, 0.1) is 0 Å². The standard InChI is InChI=1S/C28H35OP.C6H6/c1-3-5-7-9-23-11-17-26(18-12-23)30(28-21-15-25(29)16-22-28)27-19-13-24(14-20-27)10-8-6-4-2;1-2-4-6-5-3-1/h11-22,29H,3-10H2,1-2H3;1-6H. The molecule has 0 bridgehead atoms. The van der Waals surface area contributed by atoms with Crippen molar-refractivity contribution in [1.29, 1.82) is 0 Å². The van der Waals surface area contributed by atoms with E-state index in [0.29, 0.717) is 5.75 Å². The number of hydrogen-bond donors (Lipinski definition) is 1. The number of benzene rings is 4. The molecule has 0 aliphatic carbocycles. The van der Waals surface area contributed by atoms with Crippen LogP contribution in [0.5, 0.6) is 5.75 Å². The molecule has 0 unspecified atom stereocenters. The molecule has 0 atom stereocenters. The highest BCUT2D eigenvalue weighted by molar-refractivity contribution is 7.79. The van der Waals surface area contributed by atoms with Crippen molar-refractivity contribution in [2.75, 3.05) is 0 Å². The number of aromatic hydroxyl groups is 1. The fourth-order valence-electron chi connectivity index (χ4n) is 4.22. The number of rotatable bonds is 11. The molecule has 0 saturated heterocycles. The second kappa shape index (κ2) is 16.0. The second-order valence-electron chi connectivity index (χ2n) is 9.25. The van der Waals surface area contributed by atoms with Crippen LogP contribution in [-0.4, -0.2) is 5.11 Å². The van der Waals surface area contributed by atoms with Gasteiger partial charge in [0, 0.05) is 0 Å². The van der Waals surface area contributed by atoms with E-state index in [-0.39, 0.29) is 0 Å². The summed E-state index contributed by atoms with van der Waals surface area (Å²) in [5.41, 5.74) is 2.86. The quantitative estimate of drug-likeness (QED) is 0.164. The molecule has 0 aliphatic heterocycles. The molecule has 0 radical (unpaired) electrons. The average Bonchev–Trinajstić information content (AvgIpc) is 2.93. The van der Waals surface area contributed by atoms with Crippen LogP contribution in [0.25, 0.3) is 0 Å². The van der Waals surface area contributed by atoms with Gasteiger partial charge in [0.25, 0.3) is 0 Å². The topological polar surface area (TPSA) is 20.2 Å². The fourth-order valence-corrected chi connectivity index (χ4v) is 6.45. The lowest BCUT2D eigenvalue weighted by Crippen LogP contribution is -2.20. The highest BCUT2D eigenvalue weighted by Gasteiger charge is 2.16. The maximum Gasteiger partial charge on any atom is 0.115 e. The van der Waals surface area contributed by atoms with Crippen molar-refractivity contribution in [3.8, 4) is 5.75 Å². The van der Waals surface area contributed by atoms with Crippen molar-refractivity contribution in [1.82, 2.24) is 0 Å². The third-order valence-electron chi connectivity index (χ3n) is 6.30. The highest BCUT2D eigenvalue weighted by atomic mass is 31.1. The van der Waals surface area contributed by atoms with E-state index in [9.17, 15) is 5.11 Å². The molecule has 1 nitrogen and oxygen atoms in total. The van der Waals surface area contributed by atoms with Crippen LogP contribution in [0.4, 0.5) is 0 Å². The van der Waals surface area contributed by atoms with Gasteiger partial charge in [0.05, 0.1) is 0 Å². The van der Waals surface area contributed by atoms with E-state index >= 15 is 0 Å². The van der Waals surface area contributed by atoms with Crippen LogP contribution < -0.4 is 15.9 Å². The number of unbranched alkanes of at least 4 members (excludes halogenated alkanes) is 4. The van der Waals surface area contributed by atoms with Gasteiger partial charge in [-0.2, -0.15) is 0 Å². The summed E-state index contributed by atoms with van der Waals surface area (Å²) in [7, 11) is -0.626. The van der Waals surface area contributed by atoms with Crippen molar-refractivity contribution in [3.63, 3.8) is 0 Å². The molecule has 4 aromatic rings. The summed E-state index contributed by atoms with van der Waals surface area (Å²) >= 11 is 0. The van der Waals surface area contributed by atoms with Crippen LogP contribution in [0.1, 0.15) is 63.5 Å². The molecule has 0 saturated carbocycles. The summed E-state index contributed by atoms with van der Waals surface area (Å²) in [5.74, 6) is 0.325. The van der Waals surface area contributed by atoms with Crippen molar-refractivity contribution in [2.24, 2.45) is 0 Å². The lowest BCUT2D eigenvalue weighted by atomic mass is 10.1. The van der Waals surface area contributed by atoms with Crippen LogP contribution in [-0.2, 0) is 12.8 Å². The molecule has 36 heavy (non-hydrogen) atoms. The summed E-state index contributed by atoms with van der Waals surface area (Å²) in [5, 5.41) is 13.8. The first-order chi connectivity index (χ1) is 17.7. The number of aryl methyl sites for hydroxylation is 2. The summed E-state index contributed by atoms with van der Waals surface area (Å²) in [6, 6.07) is 38.2. The zero-order valence-electron chi connectivity index (χ0n) is 21.9. The largest absolute Gasteiger partial charge is 0.508 e. The van der Waals surface area contributed by atoms with Gasteiger partial charge < -0.3 is 5.11 Å². The van der Waals surface area contributed by atoms with Gasteiger partial charge in [0.15, 0.2) is 0 Å². The molecule has 0 fully saturated rings. The third-order valence-corrected chi connectivity index (χ3v) is 8.75. The minimum Gasteiger partial charge on any atom is -0.508 e. The first kappa shape index (κ1) is 27.7. The predicted molar refractivity (Wildman–Crippen MR) is 160 cm³/mol.